The number of hydrogen-bond donors (Lipinski definition) is 3. The van der Waals surface area contributed by atoms with Gasteiger partial charge in [0.25, 0.3) is 0 Å². The Kier molecular flexibility index (Phi) is 3.14. The van der Waals surface area contributed by atoms with E-state index in [-0.39, 0.29) is 0 Å². The summed E-state index contributed by atoms with van der Waals surface area (Å²) in [4.78, 5) is 7.86. The highest BCUT2D eigenvalue weighted by Gasteiger charge is 2.58. The van der Waals surface area contributed by atoms with Crippen molar-refractivity contribution in [2.24, 2.45) is 0 Å². The summed E-state index contributed by atoms with van der Waals surface area (Å²) in [6, 6.07) is 1.66. The molecule has 0 aromatic carbocycles. The van der Waals surface area contributed by atoms with Gasteiger partial charge in [-0.25, -0.2) is 14.4 Å². The number of rotatable bonds is 2. The topological polar surface area (TPSA) is 101 Å². The lowest BCUT2D eigenvalue weighted by molar-refractivity contribution is -0.156. The van der Waals surface area contributed by atoms with Crippen LogP contribution in [0.1, 0.15) is 6.23 Å². The Morgan fingerprint density at radius 2 is 2.25 bits per heavy atom. The summed E-state index contributed by atoms with van der Waals surface area (Å²) in [5.74, 6) is 0. The second-order valence-electron chi connectivity index (χ2n) is 4.50. The van der Waals surface area contributed by atoms with E-state index in [2.05, 4.69) is 9.97 Å². The van der Waals surface area contributed by atoms with Gasteiger partial charge in [-0.3, -0.25) is 0 Å². The van der Waals surface area contributed by atoms with Crippen LogP contribution >= 0.6 is 11.6 Å². The zero-order valence-corrected chi connectivity index (χ0v) is 10.7. The molecule has 7 nitrogen and oxygen atoms in total. The molecule has 1 saturated heterocycles. The smallest absolute Gasteiger partial charge is 0.242 e. The number of halogens is 2. The predicted molar refractivity (Wildman–Crippen MR) is 65.4 cm³/mol. The predicted octanol–water partition coefficient (Wildman–Crippen LogP) is -0.0951. The standard InChI is InChI=1S/C11H11ClFN3O4/c12-11(10(13)19)7(18)6(17)9(20-11)16-2-1-5-3-14-4-15-8(5)16/h1-4,6-7,9-10,17-19H/t6-,7+,9-,10?,11+/m1/s1. The molecule has 1 aliphatic rings. The van der Waals surface area contributed by atoms with Crippen LogP contribution in [0, 0.1) is 0 Å². The van der Waals surface area contributed by atoms with Gasteiger partial charge in [-0.2, -0.15) is 0 Å². The van der Waals surface area contributed by atoms with E-state index in [9.17, 15) is 14.6 Å². The zero-order chi connectivity index (χ0) is 14.5. The minimum absolute atomic E-state index is 0.422. The fraction of sp³-hybridized carbons (Fsp3) is 0.455. The Hall–Kier alpha value is -1.32. The molecule has 1 unspecified atom stereocenters. The van der Waals surface area contributed by atoms with E-state index in [1.165, 1.54) is 17.1 Å². The molecule has 9 heteroatoms. The van der Waals surface area contributed by atoms with E-state index in [1.807, 2.05) is 0 Å². The van der Waals surface area contributed by atoms with Gasteiger partial charge in [-0.1, -0.05) is 11.6 Å². The number of aromatic nitrogens is 3. The van der Waals surface area contributed by atoms with Crippen molar-refractivity contribution >= 4 is 22.6 Å². The Labute approximate surface area is 117 Å². The Morgan fingerprint density at radius 1 is 1.50 bits per heavy atom. The third kappa shape index (κ3) is 1.80. The largest absolute Gasteiger partial charge is 0.386 e. The van der Waals surface area contributed by atoms with E-state index < -0.39 is 29.9 Å². The molecule has 0 amide bonds. The van der Waals surface area contributed by atoms with Gasteiger partial charge in [0, 0.05) is 17.8 Å². The van der Waals surface area contributed by atoms with Gasteiger partial charge in [-0.05, 0) is 6.07 Å². The second kappa shape index (κ2) is 4.61. The van der Waals surface area contributed by atoms with E-state index in [0.29, 0.717) is 11.0 Å². The van der Waals surface area contributed by atoms with Gasteiger partial charge in [0.15, 0.2) is 6.23 Å². The number of nitrogens with zero attached hydrogens (tertiary/aromatic N) is 3. The highest BCUT2D eigenvalue weighted by Crippen LogP contribution is 2.43. The highest BCUT2D eigenvalue weighted by atomic mass is 35.5. The molecule has 0 spiro atoms. The lowest BCUT2D eigenvalue weighted by Crippen LogP contribution is -2.45. The fourth-order valence-corrected chi connectivity index (χ4v) is 2.46. The fourth-order valence-electron chi connectivity index (χ4n) is 2.24. The van der Waals surface area contributed by atoms with Crippen molar-refractivity contribution < 1.29 is 24.4 Å². The molecule has 0 bridgehead atoms. The van der Waals surface area contributed by atoms with Crippen molar-refractivity contribution in [3.8, 4) is 0 Å². The lowest BCUT2D eigenvalue weighted by Gasteiger charge is -2.24. The molecular formula is C11H11ClFN3O4. The van der Waals surface area contributed by atoms with Crippen LogP contribution in [-0.4, -0.2) is 53.5 Å². The van der Waals surface area contributed by atoms with Crippen molar-refractivity contribution in [2.45, 2.75) is 29.9 Å². The van der Waals surface area contributed by atoms with Gasteiger partial charge in [-0.15, -0.1) is 0 Å². The van der Waals surface area contributed by atoms with Crippen LogP contribution in [-0.2, 0) is 4.74 Å². The van der Waals surface area contributed by atoms with Gasteiger partial charge in [0.1, 0.15) is 24.2 Å². The molecule has 1 fully saturated rings. The minimum atomic E-state index is -2.66. The van der Waals surface area contributed by atoms with E-state index >= 15 is 0 Å². The molecular weight excluding hydrogens is 293 g/mol. The quantitative estimate of drug-likeness (QED) is 0.670. The summed E-state index contributed by atoms with van der Waals surface area (Å²) in [6.07, 6.45) is -2.77. The zero-order valence-electron chi connectivity index (χ0n) is 9.97. The second-order valence-corrected chi connectivity index (χ2v) is 5.09. The molecule has 20 heavy (non-hydrogen) atoms. The number of hydrogen-bond acceptors (Lipinski definition) is 6. The monoisotopic (exact) mass is 303 g/mol. The summed E-state index contributed by atoms with van der Waals surface area (Å²) in [6.45, 7) is 0. The maximum atomic E-state index is 13.1. The van der Waals surface area contributed by atoms with Crippen molar-refractivity contribution in [3.05, 3.63) is 24.8 Å². The van der Waals surface area contributed by atoms with Crippen LogP contribution in [0.15, 0.2) is 24.8 Å². The van der Waals surface area contributed by atoms with Crippen molar-refractivity contribution in [1.82, 2.24) is 14.5 Å². The summed E-state index contributed by atoms with van der Waals surface area (Å²) >= 11 is 5.71. The van der Waals surface area contributed by atoms with Crippen LogP contribution < -0.4 is 0 Å². The Bertz CT molecular complexity index is 639. The van der Waals surface area contributed by atoms with E-state index in [0.717, 1.165) is 0 Å². The Morgan fingerprint density at radius 3 is 2.90 bits per heavy atom. The maximum absolute atomic E-state index is 13.1. The molecule has 0 saturated carbocycles. The van der Waals surface area contributed by atoms with Crippen LogP contribution in [0.4, 0.5) is 4.39 Å². The molecule has 1 aliphatic heterocycles. The third-order valence-corrected chi connectivity index (χ3v) is 3.79. The first kappa shape index (κ1) is 13.7. The third-order valence-electron chi connectivity index (χ3n) is 3.30. The van der Waals surface area contributed by atoms with Crippen LogP contribution in [0.3, 0.4) is 0 Å². The minimum Gasteiger partial charge on any atom is -0.386 e. The first-order valence-electron chi connectivity index (χ1n) is 5.76. The molecule has 108 valence electrons. The van der Waals surface area contributed by atoms with E-state index in [4.69, 9.17) is 21.4 Å². The maximum Gasteiger partial charge on any atom is 0.242 e. The van der Waals surface area contributed by atoms with Gasteiger partial charge >= 0.3 is 0 Å². The summed E-state index contributed by atoms with van der Waals surface area (Å²) < 4.78 is 19.7. The molecule has 2 aromatic heterocycles. The number of alkyl halides is 2. The first-order valence-corrected chi connectivity index (χ1v) is 6.14. The molecule has 0 aliphatic carbocycles. The molecule has 0 radical (unpaired) electrons. The highest BCUT2D eigenvalue weighted by molar-refractivity contribution is 6.24. The number of fused-ring (bicyclic) bond motifs is 1. The van der Waals surface area contributed by atoms with Crippen LogP contribution in [0.5, 0.6) is 0 Å². The molecule has 3 heterocycles. The van der Waals surface area contributed by atoms with Crippen molar-refractivity contribution in [2.75, 3.05) is 0 Å². The number of aliphatic hydroxyl groups excluding tert-OH is 3. The molecule has 2 aromatic rings. The summed E-state index contributed by atoms with van der Waals surface area (Å²) in [5, 5.41) is 27.0. The summed E-state index contributed by atoms with van der Waals surface area (Å²) in [7, 11) is 0. The molecule has 5 atom stereocenters. The van der Waals surface area contributed by atoms with Crippen LogP contribution in [0.2, 0.25) is 0 Å². The van der Waals surface area contributed by atoms with E-state index in [1.54, 1.807) is 12.3 Å². The van der Waals surface area contributed by atoms with Crippen LogP contribution in [0.25, 0.3) is 11.0 Å². The molecule has 3 rings (SSSR count). The first-order chi connectivity index (χ1) is 9.45. The van der Waals surface area contributed by atoms with Crippen molar-refractivity contribution in [3.63, 3.8) is 0 Å². The molecule has 3 N–H and O–H groups in total. The summed E-state index contributed by atoms with van der Waals surface area (Å²) in [5.41, 5.74) is 0.422. The average molecular weight is 304 g/mol. The van der Waals surface area contributed by atoms with Gasteiger partial charge in [0.2, 0.25) is 11.4 Å². The number of ether oxygens (including phenoxy) is 1. The van der Waals surface area contributed by atoms with Crippen molar-refractivity contribution in [1.29, 1.82) is 0 Å². The van der Waals surface area contributed by atoms with Gasteiger partial charge in [0.05, 0.1) is 0 Å². The lowest BCUT2D eigenvalue weighted by atomic mass is 10.1. The SMILES string of the molecule is OC(F)[C@@]1(Cl)O[C@@H](n2ccc3cncnc32)[C@H](O)[C@@H]1O. The average Bonchev–Trinajstić information content (AvgIpc) is 2.95. The van der Waals surface area contributed by atoms with Gasteiger partial charge < -0.3 is 24.6 Å². The Balaban J connectivity index is 2.03. The number of aliphatic hydroxyl groups is 3. The normalized spacial score (nSPS) is 35.5.